The predicted molar refractivity (Wildman–Crippen MR) is 123 cm³/mol. The predicted octanol–water partition coefficient (Wildman–Crippen LogP) is 3.75. The molecule has 8 nitrogen and oxygen atoms in total. The molecule has 0 spiro atoms. The Morgan fingerprint density at radius 3 is 2.75 bits per heavy atom. The van der Waals surface area contributed by atoms with Gasteiger partial charge in [0.2, 0.25) is 5.95 Å². The van der Waals surface area contributed by atoms with Crippen molar-refractivity contribution >= 4 is 23.4 Å². The van der Waals surface area contributed by atoms with Crippen molar-refractivity contribution < 1.29 is 14.3 Å². The fraction of sp³-hybridized carbons (Fsp3) is 0.708. The number of hydrogen-bond donors (Lipinski definition) is 1. The molecule has 2 unspecified atom stereocenters. The number of carbonyl (C=O) groups is 1. The number of anilines is 2. The van der Waals surface area contributed by atoms with Gasteiger partial charge in [0.1, 0.15) is 23.3 Å². The fourth-order valence-electron chi connectivity index (χ4n) is 5.70. The van der Waals surface area contributed by atoms with Crippen LogP contribution >= 0.6 is 0 Å². The van der Waals surface area contributed by atoms with Crippen molar-refractivity contribution in [3.05, 3.63) is 17.0 Å². The minimum Gasteiger partial charge on any atom is -0.494 e. The van der Waals surface area contributed by atoms with Crippen molar-refractivity contribution in [2.45, 2.75) is 83.5 Å². The van der Waals surface area contributed by atoms with Crippen LogP contribution in [-0.2, 0) is 15.9 Å². The van der Waals surface area contributed by atoms with Crippen LogP contribution in [0.5, 0.6) is 0 Å². The second-order valence-corrected chi connectivity index (χ2v) is 10.6. The summed E-state index contributed by atoms with van der Waals surface area (Å²) in [5.74, 6) is 2.81. The summed E-state index contributed by atoms with van der Waals surface area (Å²) >= 11 is 0. The molecule has 2 N–H and O–H groups in total. The maximum Gasteiger partial charge on any atom is 0.410 e. The van der Waals surface area contributed by atoms with Gasteiger partial charge in [-0.25, -0.2) is 9.78 Å². The van der Waals surface area contributed by atoms with Gasteiger partial charge in [-0.2, -0.15) is 4.98 Å². The molecule has 3 heterocycles. The molecule has 1 saturated carbocycles. The van der Waals surface area contributed by atoms with Crippen molar-refractivity contribution in [3.8, 4) is 0 Å². The quantitative estimate of drug-likeness (QED) is 0.747. The minimum absolute atomic E-state index is 0.0765. The van der Waals surface area contributed by atoms with Gasteiger partial charge in [-0.05, 0) is 52.9 Å². The van der Waals surface area contributed by atoms with Crippen molar-refractivity contribution in [2.75, 3.05) is 30.8 Å². The van der Waals surface area contributed by atoms with Crippen LogP contribution in [0.3, 0.4) is 0 Å². The van der Waals surface area contributed by atoms with Crippen molar-refractivity contribution in [2.24, 2.45) is 5.92 Å². The van der Waals surface area contributed by atoms with Gasteiger partial charge in [-0.3, -0.25) is 0 Å². The normalized spacial score (nSPS) is 26.9. The Morgan fingerprint density at radius 2 is 1.97 bits per heavy atom. The zero-order valence-electron chi connectivity index (χ0n) is 19.7. The second-order valence-electron chi connectivity index (χ2n) is 10.6. The van der Waals surface area contributed by atoms with E-state index < -0.39 is 5.60 Å². The number of nitrogens with zero attached hydrogens (tertiary/aromatic N) is 4. The third-order valence-electron chi connectivity index (χ3n) is 7.22. The zero-order chi connectivity index (χ0) is 22.6. The van der Waals surface area contributed by atoms with Crippen LogP contribution in [0.25, 0.3) is 5.57 Å². The molecular formula is C24H35N5O3. The molecule has 3 atom stereocenters. The highest BCUT2D eigenvalue weighted by atomic mass is 16.6. The first kappa shape index (κ1) is 21.3. The van der Waals surface area contributed by atoms with Crippen LogP contribution in [0.1, 0.15) is 70.6 Å². The summed E-state index contributed by atoms with van der Waals surface area (Å²) in [6, 6.07) is 0.0765. The third kappa shape index (κ3) is 3.77. The monoisotopic (exact) mass is 441 g/mol. The molecule has 174 valence electrons. The summed E-state index contributed by atoms with van der Waals surface area (Å²) in [4.78, 5) is 25.9. The lowest BCUT2D eigenvalue weighted by Gasteiger charge is -2.30. The standard InChI is InChI=1S/C24H35N5O3/c1-24(2,3)32-23(30)28(4)14-11-12-29(13-14)21-16-9-10-18-19(20(16)26-22(25)27-21)15-7-5-6-8-17(15)31-18/h14-15,17H,5-13H2,1-4H3,(H2,25,26,27)/t14-,15?,17?/m1/s1. The Labute approximate surface area is 190 Å². The number of rotatable bonds is 2. The number of amides is 1. The average molecular weight is 442 g/mol. The highest BCUT2D eigenvalue weighted by Crippen LogP contribution is 2.50. The molecule has 8 heteroatoms. The fourth-order valence-corrected chi connectivity index (χ4v) is 5.70. The van der Waals surface area contributed by atoms with Crippen LogP contribution in [0, 0.1) is 5.92 Å². The van der Waals surface area contributed by atoms with E-state index in [4.69, 9.17) is 20.2 Å². The lowest BCUT2D eigenvalue weighted by atomic mass is 9.78. The van der Waals surface area contributed by atoms with Crippen molar-refractivity contribution in [1.82, 2.24) is 14.9 Å². The van der Waals surface area contributed by atoms with E-state index in [0.29, 0.717) is 24.5 Å². The molecule has 2 aliphatic carbocycles. The molecule has 2 aliphatic heterocycles. The summed E-state index contributed by atoms with van der Waals surface area (Å²) in [6.45, 7) is 7.22. The number of carbonyl (C=O) groups excluding carboxylic acids is 1. The number of fused-ring (bicyclic) bond motifs is 4. The van der Waals surface area contributed by atoms with E-state index in [1.54, 1.807) is 4.90 Å². The minimum atomic E-state index is -0.504. The van der Waals surface area contributed by atoms with E-state index in [-0.39, 0.29) is 12.1 Å². The highest BCUT2D eigenvalue weighted by molar-refractivity contribution is 5.77. The van der Waals surface area contributed by atoms with Gasteiger partial charge in [0.05, 0.1) is 11.7 Å². The van der Waals surface area contributed by atoms with Gasteiger partial charge in [0.25, 0.3) is 0 Å². The van der Waals surface area contributed by atoms with E-state index in [1.165, 1.54) is 24.0 Å². The molecule has 1 aromatic heterocycles. The third-order valence-corrected chi connectivity index (χ3v) is 7.22. The van der Waals surface area contributed by atoms with Crippen molar-refractivity contribution in [3.63, 3.8) is 0 Å². The van der Waals surface area contributed by atoms with E-state index in [2.05, 4.69) is 9.88 Å². The maximum absolute atomic E-state index is 12.6. The molecule has 4 aliphatic rings. The van der Waals surface area contributed by atoms with E-state index in [9.17, 15) is 4.79 Å². The Balaban J connectivity index is 1.39. The Hall–Kier alpha value is -2.51. The molecule has 1 aromatic rings. The number of nitrogens with two attached hydrogens (primary N) is 1. The van der Waals surface area contributed by atoms with Crippen LogP contribution < -0.4 is 10.6 Å². The summed E-state index contributed by atoms with van der Waals surface area (Å²) in [5.41, 5.74) is 9.19. The first-order chi connectivity index (χ1) is 15.2. The average Bonchev–Trinajstić information content (AvgIpc) is 3.36. The van der Waals surface area contributed by atoms with Gasteiger partial charge in [0.15, 0.2) is 0 Å². The number of ether oxygens (including phenoxy) is 2. The Kier molecular flexibility index (Phi) is 5.21. The second kappa shape index (κ2) is 7.81. The summed E-state index contributed by atoms with van der Waals surface area (Å²) < 4.78 is 11.9. The molecule has 5 rings (SSSR count). The van der Waals surface area contributed by atoms with E-state index in [0.717, 1.165) is 55.9 Å². The van der Waals surface area contributed by atoms with Gasteiger partial charge in [-0.1, -0.05) is 6.42 Å². The van der Waals surface area contributed by atoms with Gasteiger partial charge in [-0.15, -0.1) is 0 Å². The van der Waals surface area contributed by atoms with Crippen molar-refractivity contribution in [1.29, 1.82) is 0 Å². The number of likely N-dealkylation sites (N-methyl/N-ethyl adjacent to an activating group) is 1. The van der Waals surface area contributed by atoms with Gasteiger partial charge in [0, 0.05) is 43.6 Å². The number of nitrogen functional groups attached to an aromatic ring is 1. The lowest BCUT2D eigenvalue weighted by molar-refractivity contribution is 0.0238. The number of hydrogen-bond acceptors (Lipinski definition) is 7. The highest BCUT2D eigenvalue weighted by Gasteiger charge is 2.43. The zero-order valence-corrected chi connectivity index (χ0v) is 19.7. The molecule has 32 heavy (non-hydrogen) atoms. The molecule has 0 radical (unpaired) electrons. The van der Waals surface area contributed by atoms with Crippen LogP contribution in [0.2, 0.25) is 0 Å². The summed E-state index contributed by atoms with van der Waals surface area (Å²) in [7, 11) is 1.82. The maximum atomic E-state index is 12.6. The number of aromatic nitrogens is 2. The molecule has 1 amide bonds. The Morgan fingerprint density at radius 1 is 1.19 bits per heavy atom. The SMILES string of the molecule is CN(C(=O)OC(C)(C)C)[C@@H]1CCN(c2nc(N)nc3c2CCC2=C3C3CCCCC3O2)C1. The molecule has 0 bridgehead atoms. The smallest absolute Gasteiger partial charge is 0.410 e. The largest absolute Gasteiger partial charge is 0.494 e. The first-order valence-electron chi connectivity index (χ1n) is 12.0. The Bertz CT molecular complexity index is 954. The van der Waals surface area contributed by atoms with Crippen LogP contribution in [0.4, 0.5) is 16.6 Å². The number of allylic oxidation sites excluding steroid dienone is 1. The molecular weight excluding hydrogens is 406 g/mol. The molecule has 1 saturated heterocycles. The van der Waals surface area contributed by atoms with Gasteiger partial charge >= 0.3 is 6.09 Å². The van der Waals surface area contributed by atoms with Crippen LogP contribution in [0.15, 0.2) is 5.76 Å². The summed E-state index contributed by atoms with van der Waals surface area (Å²) in [5, 5.41) is 0. The first-order valence-corrected chi connectivity index (χ1v) is 12.0. The molecule has 0 aromatic carbocycles. The lowest BCUT2D eigenvalue weighted by Crippen LogP contribution is -2.42. The van der Waals surface area contributed by atoms with Crippen LogP contribution in [-0.4, -0.2) is 58.8 Å². The van der Waals surface area contributed by atoms with Gasteiger partial charge < -0.3 is 25.0 Å². The summed E-state index contributed by atoms with van der Waals surface area (Å²) in [6.07, 6.45) is 7.45. The topological polar surface area (TPSA) is 93.8 Å². The molecule has 2 fully saturated rings. The van der Waals surface area contributed by atoms with E-state index >= 15 is 0 Å². The van der Waals surface area contributed by atoms with E-state index in [1.807, 2.05) is 27.8 Å².